The number of thiazole rings is 1. The third-order valence-corrected chi connectivity index (χ3v) is 8.49. The Bertz CT molecular complexity index is 1550. The molecule has 1 N–H and O–H groups in total. The average molecular weight is 576 g/mol. The van der Waals surface area contributed by atoms with Gasteiger partial charge >= 0.3 is 12.1 Å². The minimum Gasteiger partial charge on any atom is -0.478 e. The van der Waals surface area contributed by atoms with E-state index in [9.17, 15) is 23.1 Å². The Labute approximate surface area is 230 Å². The summed E-state index contributed by atoms with van der Waals surface area (Å²) >= 11 is 1.36. The van der Waals surface area contributed by atoms with Crippen LogP contribution in [0.3, 0.4) is 0 Å². The summed E-state index contributed by atoms with van der Waals surface area (Å²) in [7, 11) is 0. The Morgan fingerprint density at radius 3 is 2.62 bits per heavy atom. The summed E-state index contributed by atoms with van der Waals surface area (Å²) in [6.45, 7) is 0.487. The summed E-state index contributed by atoms with van der Waals surface area (Å²) in [5, 5.41) is 13.9. The molecule has 2 fully saturated rings. The molecule has 12 heteroatoms. The van der Waals surface area contributed by atoms with Crippen LogP contribution in [0.25, 0.3) is 21.5 Å². The average Bonchev–Trinajstić information content (AvgIpc) is 3.54. The van der Waals surface area contributed by atoms with Crippen molar-refractivity contribution in [3.05, 3.63) is 64.9 Å². The lowest BCUT2D eigenvalue weighted by Crippen LogP contribution is -2.44. The number of carboxylic acids is 1. The highest BCUT2D eigenvalue weighted by atomic mass is 32.1. The number of nitrogens with zero attached hydrogens (tertiary/aromatic N) is 3. The maximum atomic E-state index is 15.7. The van der Waals surface area contributed by atoms with Crippen LogP contribution in [-0.2, 0) is 17.5 Å². The summed E-state index contributed by atoms with van der Waals surface area (Å²) in [6.07, 6.45) is -2.48. The minimum absolute atomic E-state index is 0.0828. The zero-order valence-electron chi connectivity index (χ0n) is 21.2. The van der Waals surface area contributed by atoms with E-state index in [0.717, 1.165) is 23.6 Å². The number of benzene rings is 2. The molecule has 0 bridgehead atoms. The van der Waals surface area contributed by atoms with Crippen molar-refractivity contribution < 1.29 is 36.7 Å². The predicted molar refractivity (Wildman–Crippen MR) is 140 cm³/mol. The second kappa shape index (κ2) is 10.2. The number of aromatic nitrogens is 2. The molecule has 1 saturated carbocycles. The number of alkyl halides is 4. The van der Waals surface area contributed by atoms with Crippen LogP contribution in [0.1, 0.15) is 58.8 Å². The number of hydrogen-bond donors (Lipinski definition) is 1. The molecule has 210 valence electrons. The molecule has 40 heavy (non-hydrogen) atoms. The maximum Gasteiger partial charge on any atom is 0.417 e. The van der Waals surface area contributed by atoms with Crippen LogP contribution in [0.15, 0.2) is 47.0 Å². The highest BCUT2D eigenvalue weighted by Crippen LogP contribution is 2.46. The zero-order valence-corrected chi connectivity index (χ0v) is 22.0. The summed E-state index contributed by atoms with van der Waals surface area (Å²) < 4.78 is 68.8. The molecular formula is C28H25F4N3O4S. The lowest BCUT2D eigenvalue weighted by molar-refractivity contribution is -0.137. The van der Waals surface area contributed by atoms with Gasteiger partial charge in [-0.2, -0.15) is 13.2 Å². The van der Waals surface area contributed by atoms with E-state index in [0.29, 0.717) is 35.1 Å². The van der Waals surface area contributed by atoms with Gasteiger partial charge in [-0.1, -0.05) is 34.7 Å². The lowest BCUT2D eigenvalue weighted by Gasteiger charge is -2.36. The van der Waals surface area contributed by atoms with Crippen LogP contribution in [0, 0.1) is 0 Å². The molecule has 0 atom stereocenters. The fraction of sp³-hybridized carbons (Fsp3) is 0.393. The smallest absolute Gasteiger partial charge is 0.417 e. The first kappa shape index (κ1) is 26.7. The fourth-order valence-corrected chi connectivity index (χ4v) is 6.09. The summed E-state index contributed by atoms with van der Waals surface area (Å²) in [6, 6.07) is 9.96. The Morgan fingerprint density at radius 2 is 1.93 bits per heavy atom. The second-order valence-corrected chi connectivity index (χ2v) is 11.3. The fourth-order valence-electron chi connectivity index (χ4n) is 5.04. The van der Waals surface area contributed by atoms with Crippen molar-refractivity contribution >= 4 is 32.7 Å². The molecule has 4 aromatic rings. The largest absolute Gasteiger partial charge is 0.478 e. The van der Waals surface area contributed by atoms with Gasteiger partial charge in [-0.3, -0.25) is 0 Å². The SMILES string of the molecule is O=C(O)c1ccc2nc(N3CCC(F)(COCc4c(-c5ccccc5C(F)(F)F)noc4C4CC4)CC3)sc2c1. The lowest BCUT2D eigenvalue weighted by atomic mass is 9.94. The molecule has 1 saturated heterocycles. The van der Waals surface area contributed by atoms with Crippen molar-refractivity contribution in [1.82, 2.24) is 10.1 Å². The molecule has 1 aliphatic carbocycles. The van der Waals surface area contributed by atoms with E-state index in [1.807, 2.05) is 4.90 Å². The third-order valence-electron chi connectivity index (χ3n) is 7.42. The van der Waals surface area contributed by atoms with Gasteiger partial charge in [0.2, 0.25) is 0 Å². The van der Waals surface area contributed by atoms with Crippen molar-refractivity contribution in [3.8, 4) is 11.3 Å². The van der Waals surface area contributed by atoms with Crippen LogP contribution < -0.4 is 4.90 Å². The van der Waals surface area contributed by atoms with Gasteiger partial charge in [0.15, 0.2) is 5.13 Å². The number of ether oxygens (including phenoxy) is 1. The molecule has 0 amide bonds. The van der Waals surface area contributed by atoms with Gasteiger partial charge in [0.05, 0.1) is 34.6 Å². The second-order valence-electron chi connectivity index (χ2n) is 10.3. The zero-order chi connectivity index (χ0) is 28.1. The molecule has 6 rings (SSSR count). The minimum atomic E-state index is -4.56. The quantitative estimate of drug-likeness (QED) is 0.225. The topological polar surface area (TPSA) is 88.7 Å². The number of anilines is 1. The van der Waals surface area contributed by atoms with Crippen LogP contribution in [0.4, 0.5) is 22.7 Å². The predicted octanol–water partition coefficient (Wildman–Crippen LogP) is 7.07. The molecule has 2 aliphatic rings. The van der Waals surface area contributed by atoms with E-state index in [1.54, 1.807) is 12.1 Å². The number of carboxylic acid groups (broad SMARTS) is 1. The molecule has 3 heterocycles. The molecule has 7 nitrogen and oxygen atoms in total. The third kappa shape index (κ3) is 5.29. The Kier molecular flexibility index (Phi) is 6.78. The van der Waals surface area contributed by atoms with Crippen molar-refractivity contribution in [2.45, 2.75) is 50.1 Å². The number of rotatable bonds is 8. The standard InChI is InChI=1S/C28H25F4N3O4S/c29-27(9-11-35(12-10-27)26-33-21-8-7-17(25(36)37)13-22(21)40-26)15-38-14-19-23(34-39-24(19)16-5-6-16)18-3-1-2-4-20(18)28(30,31)32/h1-4,7-8,13,16H,5-6,9-12,14-15H2,(H,36,37). The van der Waals surface area contributed by atoms with Gasteiger partial charge in [-0.25, -0.2) is 14.2 Å². The molecule has 1 aliphatic heterocycles. The van der Waals surface area contributed by atoms with Crippen LogP contribution in [0.5, 0.6) is 0 Å². The van der Waals surface area contributed by atoms with E-state index < -0.39 is 23.4 Å². The highest BCUT2D eigenvalue weighted by molar-refractivity contribution is 7.22. The number of hydrogen-bond acceptors (Lipinski definition) is 7. The van der Waals surface area contributed by atoms with Crippen molar-refractivity contribution in [3.63, 3.8) is 0 Å². The van der Waals surface area contributed by atoms with Crippen molar-refractivity contribution in [2.24, 2.45) is 0 Å². The highest BCUT2D eigenvalue weighted by Gasteiger charge is 2.39. The van der Waals surface area contributed by atoms with Gasteiger partial charge in [0, 0.05) is 43.0 Å². The molecule has 0 radical (unpaired) electrons. The summed E-state index contributed by atoms with van der Waals surface area (Å²) in [5.41, 5.74) is -1.11. The monoisotopic (exact) mass is 575 g/mol. The number of fused-ring (bicyclic) bond motifs is 1. The van der Waals surface area contributed by atoms with E-state index in [2.05, 4.69) is 10.1 Å². The van der Waals surface area contributed by atoms with Crippen molar-refractivity contribution in [2.75, 3.05) is 24.6 Å². The number of halogens is 4. The van der Waals surface area contributed by atoms with Crippen molar-refractivity contribution in [1.29, 1.82) is 0 Å². The Morgan fingerprint density at radius 1 is 1.18 bits per heavy atom. The van der Waals surface area contributed by atoms with E-state index >= 15 is 4.39 Å². The van der Waals surface area contributed by atoms with Gasteiger partial charge in [-0.05, 0) is 37.1 Å². The molecule has 0 unspecified atom stereocenters. The Balaban J connectivity index is 1.13. The van der Waals surface area contributed by atoms with E-state index in [4.69, 9.17) is 9.26 Å². The number of aromatic carboxylic acids is 1. The Hall–Kier alpha value is -3.51. The van der Waals surface area contributed by atoms with E-state index in [1.165, 1.54) is 35.6 Å². The van der Waals surface area contributed by atoms with Gasteiger partial charge in [-0.15, -0.1) is 0 Å². The van der Waals surface area contributed by atoms with Gasteiger partial charge in [0.1, 0.15) is 17.1 Å². The van der Waals surface area contributed by atoms with Crippen LogP contribution >= 0.6 is 11.3 Å². The summed E-state index contributed by atoms with van der Waals surface area (Å²) in [5.74, 6) is -0.415. The first-order valence-electron chi connectivity index (χ1n) is 12.9. The van der Waals surface area contributed by atoms with Crippen LogP contribution in [-0.4, -0.2) is 46.6 Å². The van der Waals surface area contributed by atoms with Crippen LogP contribution in [0.2, 0.25) is 0 Å². The van der Waals surface area contributed by atoms with Gasteiger partial charge in [0.25, 0.3) is 0 Å². The number of piperidine rings is 1. The normalized spacial score (nSPS) is 17.4. The molecule has 2 aromatic heterocycles. The summed E-state index contributed by atoms with van der Waals surface area (Å²) in [4.78, 5) is 17.8. The number of carbonyl (C=O) groups is 1. The molecule has 0 spiro atoms. The van der Waals surface area contributed by atoms with Gasteiger partial charge < -0.3 is 19.3 Å². The first-order valence-corrected chi connectivity index (χ1v) is 13.7. The maximum absolute atomic E-state index is 15.7. The first-order chi connectivity index (χ1) is 19.1. The molecule has 2 aromatic carbocycles. The van der Waals surface area contributed by atoms with E-state index in [-0.39, 0.29) is 48.8 Å². The molecular weight excluding hydrogens is 550 g/mol.